The van der Waals surface area contributed by atoms with Crippen LogP contribution in [0.2, 0.25) is 0 Å². The van der Waals surface area contributed by atoms with Gasteiger partial charge in [-0.2, -0.15) is 0 Å². The summed E-state index contributed by atoms with van der Waals surface area (Å²) in [6, 6.07) is 0.592. The first-order valence-electron chi connectivity index (χ1n) is 6.60. The van der Waals surface area contributed by atoms with Crippen molar-refractivity contribution in [2.24, 2.45) is 0 Å². The Morgan fingerprint density at radius 3 is 2.71 bits per heavy atom. The molecule has 1 heterocycles. The molecule has 0 saturated heterocycles. The fraction of sp³-hybridized carbons (Fsp3) is 0.500. The van der Waals surface area contributed by atoms with Crippen LogP contribution in [0, 0.1) is 6.92 Å². The van der Waals surface area contributed by atoms with Crippen molar-refractivity contribution in [3.05, 3.63) is 28.2 Å². The summed E-state index contributed by atoms with van der Waals surface area (Å²) in [4.78, 5) is 33.8. The third-order valence-electron chi connectivity index (χ3n) is 3.17. The van der Waals surface area contributed by atoms with Gasteiger partial charge in [0.25, 0.3) is 0 Å². The number of nitrogens with zero attached hydrogens (tertiary/aromatic N) is 1. The molecule has 0 saturated carbocycles. The van der Waals surface area contributed by atoms with Crippen LogP contribution in [0.3, 0.4) is 0 Å². The molecule has 1 rings (SSSR count). The van der Waals surface area contributed by atoms with Crippen molar-refractivity contribution in [1.29, 1.82) is 0 Å². The maximum absolute atomic E-state index is 11.5. The van der Waals surface area contributed by atoms with Gasteiger partial charge >= 0.3 is 5.97 Å². The highest BCUT2D eigenvalue weighted by Crippen LogP contribution is 2.11. The fourth-order valence-electron chi connectivity index (χ4n) is 2.01. The maximum atomic E-state index is 11.5. The van der Waals surface area contributed by atoms with Gasteiger partial charge in [-0.15, -0.1) is 0 Å². The third-order valence-corrected chi connectivity index (χ3v) is 3.17. The van der Waals surface area contributed by atoms with E-state index >= 15 is 0 Å². The molecule has 0 aliphatic carbocycles. The molecule has 0 bridgehead atoms. The van der Waals surface area contributed by atoms with Crippen molar-refractivity contribution in [1.82, 2.24) is 9.88 Å². The Hall–Kier alpha value is -2.31. The predicted molar refractivity (Wildman–Crippen MR) is 76.0 cm³/mol. The van der Waals surface area contributed by atoms with E-state index in [9.17, 15) is 19.5 Å². The molecule has 1 aromatic rings. The zero-order valence-electron chi connectivity index (χ0n) is 12.4. The minimum atomic E-state index is -0.694. The van der Waals surface area contributed by atoms with E-state index in [0.29, 0.717) is 25.1 Å². The van der Waals surface area contributed by atoms with Gasteiger partial charge in [-0.1, -0.05) is 0 Å². The van der Waals surface area contributed by atoms with Crippen LogP contribution >= 0.6 is 0 Å². The van der Waals surface area contributed by atoms with E-state index in [-0.39, 0.29) is 11.7 Å². The minimum Gasteiger partial charge on any atom is -0.503 e. The van der Waals surface area contributed by atoms with Gasteiger partial charge in [-0.25, -0.2) is 4.79 Å². The third kappa shape index (κ3) is 4.62. The van der Waals surface area contributed by atoms with Gasteiger partial charge in [0.15, 0.2) is 5.75 Å². The molecule has 1 aromatic heterocycles. The van der Waals surface area contributed by atoms with E-state index in [1.54, 1.807) is 17.7 Å². The Kier molecular flexibility index (Phi) is 5.95. The first kappa shape index (κ1) is 16.7. The highest BCUT2D eigenvalue weighted by atomic mass is 16.5. The molecule has 7 nitrogen and oxygen atoms in total. The number of esters is 1. The zero-order chi connectivity index (χ0) is 16.0. The summed E-state index contributed by atoms with van der Waals surface area (Å²) in [5.41, 5.74) is 0.0473. The summed E-state index contributed by atoms with van der Waals surface area (Å²) >= 11 is 0. The molecule has 1 atom stereocenters. The van der Waals surface area contributed by atoms with Gasteiger partial charge < -0.3 is 19.7 Å². The average molecular weight is 296 g/mol. The number of pyridine rings is 1. The van der Waals surface area contributed by atoms with Crippen LogP contribution in [0.15, 0.2) is 17.1 Å². The Balaban J connectivity index is 2.66. The molecule has 0 aliphatic heterocycles. The number of carbonyl (C=O) groups is 2. The normalized spacial score (nSPS) is 11.8. The number of hydrogen-bond acceptors (Lipinski definition) is 5. The maximum Gasteiger partial charge on any atom is 0.328 e. The van der Waals surface area contributed by atoms with Gasteiger partial charge in [0, 0.05) is 25.7 Å². The van der Waals surface area contributed by atoms with E-state index in [4.69, 9.17) is 0 Å². The summed E-state index contributed by atoms with van der Waals surface area (Å²) in [5, 5.41) is 12.1. The Morgan fingerprint density at radius 2 is 2.14 bits per heavy atom. The monoisotopic (exact) mass is 296 g/mol. The lowest BCUT2D eigenvalue weighted by Gasteiger charge is -2.16. The molecule has 116 valence electrons. The van der Waals surface area contributed by atoms with Crippen LogP contribution in [-0.2, 0) is 20.9 Å². The van der Waals surface area contributed by atoms with Gasteiger partial charge in [-0.05, 0) is 19.8 Å². The average Bonchev–Trinajstić information content (AvgIpc) is 2.44. The van der Waals surface area contributed by atoms with Crippen molar-refractivity contribution in [3.63, 3.8) is 0 Å². The number of aromatic hydroxyl groups is 1. The second kappa shape index (κ2) is 7.47. The van der Waals surface area contributed by atoms with Crippen LogP contribution in [0.25, 0.3) is 0 Å². The van der Waals surface area contributed by atoms with E-state index in [2.05, 4.69) is 10.1 Å². The Bertz CT molecular complexity index is 579. The Morgan fingerprint density at radius 1 is 1.48 bits per heavy atom. The first-order chi connectivity index (χ1) is 9.86. The summed E-state index contributed by atoms with van der Waals surface area (Å²) < 4.78 is 6.35. The van der Waals surface area contributed by atoms with E-state index < -0.39 is 17.4 Å². The lowest BCUT2D eigenvalue weighted by Crippen LogP contribution is -2.40. The van der Waals surface area contributed by atoms with Gasteiger partial charge in [0.1, 0.15) is 6.04 Å². The number of aryl methyl sites for hydroxylation is 1. The van der Waals surface area contributed by atoms with Crippen LogP contribution in [0.1, 0.15) is 25.5 Å². The molecule has 0 spiro atoms. The highest BCUT2D eigenvalue weighted by molar-refractivity contribution is 5.83. The minimum absolute atomic E-state index is 0.274. The van der Waals surface area contributed by atoms with Crippen LogP contribution in [-0.4, -0.2) is 34.7 Å². The molecular formula is C14H20N2O5. The second-order valence-electron chi connectivity index (χ2n) is 4.73. The number of carbonyl (C=O) groups excluding carboxylic acids is 2. The van der Waals surface area contributed by atoms with E-state index in [1.165, 1.54) is 20.1 Å². The molecule has 0 fully saturated rings. The second-order valence-corrected chi connectivity index (χ2v) is 4.73. The predicted octanol–water partition coefficient (Wildman–Crippen LogP) is 0.320. The Labute approximate surface area is 122 Å². The van der Waals surface area contributed by atoms with Gasteiger partial charge in [0.2, 0.25) is 11.3 Å². The molecule has 2 N–H and O–H groups in total. The smallest absolute Gasteiger partial charge is 0.328 e. The number of aromatic nitrogens is 1. The number of amides is 1. The van der Waals surface area contributed by atoms with Crippen molar-refractivity contribution >= 4 is 11.9 Å². The topological polar surface area (TPSA) is 97.6 Å². The lowest BCUT2D eigenvalue weighted by molar-refractivity contribution is -0.145. The van der Waals surface area contributed by atoms with Crippen molar-refractivity contribution < 1.29 is 19.4 Å². The first-order valence-corrected chi connectivity index (χ1v) is 6.60. The standard InChI is InChI=1S/C14H20N2O5/c1-9-13(19)12(18)6-8-16(9)7-4-5-11(14(20)21-3)15-10(2)17/h6,8,11,19H,4-5,7H2,1-3H3,(H,15,17)/t11-/m0/s1. The molecule has 0 unspecified atom stereocenters. The summed E-state index contributed by atoms with van der Waals surface area (Å²) in [5.74, 6) is -1.07. The van der Waals surface area contributed by atoms with Gasteiger partial charge in [0.05, 0.1) is 12.8 Å². The number of nitrogens with one attached hydrogen (secondary N) is 1. The van der Waals surface area contributed by atoms with E-state index in [0.717, 1.165) is 0 Å². The summed E-state index contributed by atoms with van der Waals surface area (Å²) in [7, 11) is 1.26. The molecule has 0 aromatic carbocycles. The van der Waals surface area contributed by atoms with Gasteiger partial charge in [-0.3, -0.25) is 9.59 Å². The van der Waals surface area contributed by atoms with Crippen LogP contribution in [0.4, 0.5) is 0 Å². The quantitative estimate of drug-likeness (QED) is 0.737. The summed E-state index contributed by atoms with van der Waals surface area (Å²) in [6.45, 7) is 3.48. The van der Waals surface area contributed by atoms with Crippen molar-refractivity contribution in [2.45, 2.75) is 39.3 Å². The van der Waals surface area contributed by atoms with Crippen LogP contribution in [0.5, 0.6) is 5.75 Å². The number of hydrogen-bond donors (Lipinski definition) is 2. The summed E-state index contributed by atoms with van der Waals surface area (Å²) in [6.07, 6.45) is 2.56. The van der Waals surface area contributed by atoms with E-state index in [1.807, 2.05) is 0 Å². The molecule has 0 aliphatic rings. The van der Waals surface area contributed by atoms with Crippen LogP contribution < -0.4 is 10.7 Å². The number of methoxy groups -OCH3 is 1. The number of rotatable bonds is 6. The zero-order valence-corrected chi connectivity index (χ0v) is 12.4. The van der Waals surface area contributed by atoms with Crippen molar-refractivity contribution in [2.75, 3.05) is 7.11 Å². The number of ether oxygens (including phenoxy) is 1. The molecule has 1 amide bonds. The molecule has 21 heavy (non-hydrogen) atoms. The SMILES string of the molecule is COC(=O)[C@H](CCCn1ccc(=O)c(O)c1C)NC(C)=O. The highest BCUT2D eigenvalue weighted by Gasteiger charge is 2.19. The van der Waals surface area contributed by atoms with Crippen molar-refractivity contribution in [3.8, 4) is 5.75 Å². The molecule has 7 heteroatoms. The fourth-order valence-corrected chi connectivity index (χ4v) is 2.01. The molecule has 0 radical (unpaired) electrons. The lowest BCUT2D eigenvalue weighted by atomic mass is 10.1. The molecular weight excluding hydrogens is 276 g/mol. The largest absolute Gasteiger partial charge is 0.503 e.